The van der Waals surface area contributed by atoms with E-state index in [9.17, 15) is 9.59 Å². The normalized spacial score (nSPS) is 11.1. The van der Waals surface area contributed by atoms with Crippen LogP contribution >= 0.6 is 0 Å². The number of carbonyl (C=O) groups is 2. The SMILES string of the molecule is CCNC(=NCc1ccc(C(=O)NCC(N)=O)cc1)N(C)Cc1ccccc1C. The summed E-state index contributed by atoms with van der Waals surface area (Å²) >= 11 is 0. The minimum absolute atomic E-state index is 0.176. The number of nitrogens with zero attached hydrogens (tertiary/aromatic N) is 2. The van der Waals surface area contributed by atoms with Crippen molar-refractivity contribution in [1.29, 1.82) is 0 Å². The molecule has 4 N–H and O–H groups in total. The first-order valence-electron chi connectivity index (χ1n) is 9.60. The Bertz CT molecular complexity index is 862. The Labute approximate surface area is 172 Å². The van der Waals surface area contributed by atoms with Crippen molar-refractivity contribution in [3.8, 4) is 0 Å². The van der Waals surface area contributed by atoms with Gasteiger partial charge in [-0.05, 0) is 42.7 Å². The van der Waals surface area contributed by atoms with E-state index in [-0.39, 0.29) is 12.5 Å². The van der Waals surface area contributed by atoms with Gasteiger partial charge in [-0.15, -0.1) is 0 Å². The molecule has 0 spiro atoms. The van der Waals surface area contributed by atoms with Gasteiger partial charge >= 0.3 is 0 Å². The number of aliphatic imine (C=N–C) groups is 1. The van der Waals surface area contributed by atoms with Crippen molar-refractivity contribution >= 4 is 17.8 Å². The highest BCUT2D eigenvalue weighted by Crippen LogP contribution is 2.10. The molecule has 2 aromatic rings. The molecule has 7 nitrogen and oxygen atoms in total. The molecule has 0 atom stereocenters. The molecule has 0 bridgehead atoms. The summed E-state index contributed by atoms with van der Waals surface area (Å²) in [5.74, 6) is -0.0840. The van der Waals surface area contributed by atoms with Crippen LogP contribution in [0.2, 0.25) is 0 Å². The fourth-order valence-corrected chi connectivity index (χ4v) is 2.78. The average molecular weight is 396 g/mol. The Kier molecular flexibility index (Phi) is 8.21. The standard InChI is InChI=1S/C22H29N5O2/c1-4-24-22(27(3)15-19-8-6-5-7-16(19)2)26-13-17-9-11-18(12-10-17)21(29)25-14-20(23)28/h5-12H,4,13-15H2,1-3H3,(H2,23,28)(H,24,26)(H,25,29). The first-order valence-corrected chi connectivity index (χ1v) is 9.60. The van der Waals surface area contributed by atoms with Gasteiger partial charge in [-0.25, -0.2) is 4.99 Å². The van der Waals surface area contributed by atoms with Crippen LogP contribution in [0, 0.1) is 6.92 Å². The highest BCUT2D eigenvalue weighted by Gasteiger charge is 2.09. The number of guanidine groups is 1. The zero-order valence-corrected chi connectivity index (χ0v) is 17.2. The number of primary amides is 1. The fraction of sp³-hybridized carbons (Fsp3) is 0.318. The van der Waals surface area contributed by atoms with E-state index in [1.807, 2.05) is 38.2 Å². The van der Waals surface area contributed by atoms with Gasteiger partial charge in [-0.1, -0.05) is 36.4 Å². The van der Waals surface area contributed by atoms with E-state index in [1.165, 1.54) is 11.1 Å². The summed E-state index contributed by atoms with van der Waals surface area (Å²) in [6.07, 6.45) is 0. The molecule has 0 unspecified atom stereocenters. The van der Waals surface area contributed by atoms with E-state index >= 15 is 0 Å². The van der Waals surface area contributed by atoms with Crippen LogP contribution in [0.25, 0.3) is 0 Å². The number of amides is 2. The Morgan fingerprint density at radius 3 is 2.38 bits per heavy atom. The molecule has 29 heavy (non-hydrogen) atoms. The molecule has 0 aliphatic heterocycles. The van der Waals surface area contributed by atoms with E-state index in [0.29, 0.717) is 12.1 Å². The van der Waals surface area contributed by atoms with Crippen LogP contribution in [-0.2, 0) is 17.9 Å². The van der Waals surface area contributed by atoms with E-state index in [0.717, 1.165) is 24.6 Å². The summed E-state index contributed by atoms with van der Waals surface area (Å²) in [6, 6.07) is 15.4. The number of aryl methyl sites for hydroxylation is 1. The average Bonchev–Trinajstić information content (AvgIpc) is 2.71. The van der Waals surface area contributed by atoms with Crippen molar-refractivity contribution in [1.82, 2.24) is 15.5 Å². The van der Waals surface area contributed by atoms with Crippen molar-refractivity contribution < 1.29 is 9.59 Å². The Balaban J connectivity index is 2.03. The van der Waals surface area contributed by atoms with E-state index in [1.54, 1.807) is 12.1 Å². The van der Waals surface area contributed by atoms with Gasteiger partial charge in [0.2, 0.25) is 5.91 Å². The molecule has 154 valence electrons. The number of benzene rings is 2. The highest BCUT2D eigenvalue weighted by atomic mass is 16.2. The molecule has 0 aromatic heterocycles. The van der Waals surface area contributed by atoms with Crippen LogP contribution in [0.1, 0.15) is 34.0 Å². The summed E-state index contributed by atoms with van der Waals surface area (Å²) in [4.78, 5) is 29.5. The van der Waals surface area contributed by atoms with Crippen LogP contribution in [0.5, 0.6) is 0 Å². The molecule has 7 heteroatoms. The predicted octanol–water partition coefficient (Wildman–Crippen LogP) is 1.81. The van der Waals surface area contributed by atoms with Gasteiger partial charge in [0, 0.05) is 25.7 Å². The lowest BCUT2D eigenvalue weighted by Gasteiger charge is -2.23. The van der Waals surface area contributed by atoms with Gasteiger partial charge in [0.05, 0.1) is 13.1 Å². The third-order valence-electron chi connectivity index (χ3n) is 4.42. The molecule has 0 aliphatic carbocycles. The van der Waals surface area contributed by atoms with Crippen LogP contribution < -0.4 is 16.4 Å². The Morgan fingerprint density at radius 2 is 1.76 bits per heavy atom. The lowest BCUT2D eigenvalue weighted by molar-refractivity contribution is -0.117. The summed E-state index contributed by atoms with van der Waals surface area (Å²) in [7, 11) is 2.01. The lowest BCUT2D eigenvalue weighted by atomic mass is 10.1. The van der Waals surface area contributed by atoms with Crippen LogP contribution in [0.15, 0.2) is 53.5 Å². The minimum atomic E-state index is -0.574. The minimum Gasteiger partial charge on any atom is -0.368 e. The Morgan fingerprint density at radius 1 is 1.07 bits per heavy atom. The largest absolute Gasteiger partial charge is 0.368 e. The van der Waals surface area contributed by atoms with Crippen molar-refractivity contribution in [3.63, 3.8) is 0 Å². The zero-order valence-electron chi connectivity index (χ0n) is 17.2. The first kappa shape index (κ1) is 21.9. The second-order valence-electron chi connectivity index (χ2n) is 6.80. The monoisotopic (exact) mass is 395 g/mol. The van der Waals surface area contributed by atoms with Crippen LogP contribution in [0.3, 0.4) is 0 Å². The lowest BCUT2D eigenvalue weighted by Crippen LogP contribution is -2.38. The first-order chi connectivity index (χ1) is 13.9. The molecule has 0 heterocycles. The maximum Gasteiger partial charge on any atom is 0.251 e. The molecule has 0 saturated carbocycles. The Hall–Kier alpha value is -3.35. The van der Waals surface area contributed by atoms with Crippen molar-refractivity contribution in [2.24, 2.45) is 10.7 Å². The van der Waals surface area contributed by atoms with Gasteiger partial charge in [0.1, 0.15) is 0 Å². The number of rotatable bonds is 8. The number of carbonyl (C=O) groups excluding carboxylic acids is 2. The van der Waals surface area contributed by atoms with Crippen LogP contribution in [-0.4, -0.2) is 42.8 Å². The summed E-state index contributed by atoms with van der Waals surface area (Å²) in [5.41, 5.74) is 9.00. The van der Waals surface area contributed by atoms with Crippen LogP contribution in [0.4, 0.5) is 0 Å². The molecular weight excluding hydrogens is 366 g/mol. The molecular formula is C22H29N5O2. The fourth-order valence-electron chi connectivity index (χ4n) is 2.78. The summed E-state index contributed by atoms with van der Waals surface area (Å²) in [6.45, 7) is 5.99. The van der Waals surface area contributed by atoms with Crippen molar-refractivity contribution in [3.05, 3.63) is 70.8 Å². The predicted molar refractivity (Wildman–Crippen MR) is 115 cm³/mol. The topological polar surface area (TPSA) is 99.8 Å². The number of hydrogen-bond donors (Lipinski definition) is 3. The number of nitrogens with one attached hydrogen (secondary N) is 2. The molecule has 0 radical (unpaired) electrons. The molecule has 2 aromatic carbocycles. The number of nitrogens with two attached hydrogens (primary N) is 1. The molecule has 2 amide bonds. The maximum atomic E-state index is 11.9. The third kappa shape index (κ3) is 6.95. The van der Waals surface area contributed by atoms with Gasteiger partial charge in [0.25, 0.3) is 5.91 Å². The second kappa shape index (κ2) is 10.8. The van der Waals surface area contributed by atoms with Gasteiger partial charge in [-0.2, -0.15) is 0 Å². The van der Waals surface area contributed by atoms with E-state index < -0.39 is 5.91 Å². The van der Waals surface area contributed by atoms with E-state index in [2.05, 4.69) is 34.6 Å². The van der Waals surface area contributed by atoms with Gasteiger partial charge in [0.15, 0.2) is 5.96 Å². The maximum absolute atomic E-state index is 11.9. The molecule has 0 saturated heterocycles. The van der Waals surface area contributed by atoms with Gasteiger partial charge in [-0.3, -0.25) is 9.59 Å². The highest BCUT2D eigenvalue weighted by molar-refractivity contribution is 5.96. The summed E-state index contributed by atoms with van der Waals surface area (Å²) in [5, 5.41) is 5.79. The van der Waals surface area contributed by atoms with E-state index in [4.69, 9.17) is 10.7 Å². The zero-order chi connectivity index (χ0) is 21.2. The van der Waals surface area contributed by atoms with Crippen molar-refractivity contribution in [2.75, 3.05) is 20.1 Å². The quantitative estimate of drug-likeness (QED) is 0.469. The van der Waals surface area contributed by atoms with Gasteiger partial charge < -0.3 is 21.3 Å². The molecule has 2 rings (SSSR count). The third-order valence-corrected chi connectivity index (χ3v) is 4.42. The second-order valence-corrected chi connectivity index (χ2v) is 6.80. The molecule has 0 aliphatic rings. The summed E-state index contributed by atoms with van der Waals surface area (Å²) < 4.78 is 0. The molecule has 0 fully saturated rings. The van der Waals surface area contributed by atoms with Crippen molar-refractivity contribution in [2.45, 2.75) is 26.9 Å². The number of hydrogen-bond acceptors (Lipinski definition) is 3. The smallest absolute Gasteiger partial charge is 0.251 e.